The summed E-state index contributed by atoms with van der Waals surface area (Å²) >= 11 is 0. The SMILES string of the molecule is Nc1nc(NC(=O)[C@@H](N)Cc2ccccc2)nc2nc[nH]c12. The van der Waals surface area contributed by atoms with E-state index in [1.807, 2.05) is 30.3 Å². The Morgan fingerprint density at radius 1 is 1.27 bits per heavy atom. The maximum absolute atomic E-state index is 12.1. The number of H-pyrrole nitrogens is 1. The fraction of sp³-hybridized carbons (Fsp3) is 0.143. The first-order valence-electron chi connectivity index (χ1n) is 6.70. The number of hydrogen-bond donors (Lipinski definition) is 4. The first-order chi connectivity index (χ1) is 10.6. The molecular weight excluding hydrogens is 282 g/mol. The Bertz CT molecular complexity index is 799. The molecule has 0 saturated carbocycles. The molecule has 22 heavy (non-hydrogen) atoms. The molecule has 3 rings (SSSR count). The number of aromatic nitrogens is 4. The summed E-state index contributed by atoms with van der Waals surface area (Å²) in [4.78, 5) is 27.0. The molecule has 3 aromatic rings. The van der Waals surface area contributed by atoms with Gasteiger partial charge in [-0.05, 0) is 12.0 Å². The highest BCUT2D eigenvalue weighted by Gasteiger charge is 2.16. The number of imidazole rings is 1. The highest BCUT2D eigenvalue weighted by molar-refractivity contribution is 5.94. The Morgan fingerprint density at radius 2 is 2.05 bits per heavy atom. The number of carbonyl (C=O) groups excluding carboxylic acids is 1. The van der Waals surface area contributed by atoms with Crippen molar-refractivity contribution in [3.05, 3.63) is 42.2 Å². The van der Waals surface area contributed by atoms with E-state index in [0.29, 0.717) is 17.6 Å². The largest absolute Gasteiger partial charge is 0.382 e. The number of nitrogens with zero attached hydrogens (tertiary/aromatic N) is 3. The van der Waals surface area contributed by atoms with Crippen LogP contribution >= 0.6 is 0 Å². The molecule has 2 heterocycles. The van der Waals surface area contributed by atoms with Crippen LogP contribution in [0.5, 0.6) is 0 Å². The third kappa shape index (κ3) is 2.86. The molecule has 1 aromatic carbocycles. The Labute approximate surface area is 126 Å². The topological polar surface area (TPSA) is 136 Å². The monoisotopic (exact) mass is 297 g/mol. The number of nitrogen functional groups attached to an aromatic ring is 1. The van der Waals surface area contributed by atoms with Gasteiger partial charge in [-0.25, -0.2) is 4.98 Å². The molecule has 0 bridgehead atoms. The highest BCUT2D eigenvalue weighted by atomic mass is 16.2. The summed E-state index contributed by atoms with van der Waals surface area (Å²) in [7, 11) is 0. The van der Waals surface area contributed by atoms with E-state index < -0.39 is 6.04 Å². The molecule has 0 radical (unpaired) electrons. The second-order valence-electron chi connectivity index (χ2n) is 4.82. The minimum atomic E-state index is -0.706. The van der Waals surface area contributed by atoms with Crippen molar-refractivity contribution < 1.29 is 4.79 Å². The van der Waals surface area contributed by atoms with Crippen LogP contribution in [0.3, 0.4) is 0 Å². The summed E-state index contributed by atoms with van der Waals surface area (Å²) in [6.07, 6.45) is 1.88. The van der Waals surface area contributed by atoms with E-state index in [1.54, 1.807) is 0 Å². The lowest BCUT2D eigenvalue weighted by molar-refractivity contribution is -0.117. The minimum absolute atomic E-state index is 0.0885. The fourth-order valence-electron chi connectivity index (χ4n) is 2.08. The van der Waals surface area contributed by atoms with Crippen LogP contribution in [-0.4, -0.2) is 31.9 Å². The number of benzene rings is 1. The minimum Gasteiger partial charge on any atom is -0.382 e. The molecule has 0 fully saturated rings. The molecule has 6 N–H and O–H groups in total. The van der Waals surface area contributed by atoms with Gasteiger partial charge in [0.2, 0.25) is 11.9 Å². The summed E-state index contributed by atoms with van der Waals surface area (Å²) in [5, 5.41) is 2.56. The Kier molecular flexibility index (Phi) is 3.67. The third-order valence-electron chi connectivity index (χ3n) is 3.18. The lowest BCUT2D eigenvalue weighted by Crippen LogP contribution is -2.37. The molecular formula is C14H15N7O. The van der Waals surface area contributed by atoms with Crippen LogP contribution in [0.1, 0.15) is 5.56 Å². The summed E-state index contributed by atoms with van der Waals surface area (Å²) < 4.78 is 0. The van der Waals surface area contributed by atoms with E-state index in [0.717, 1.165) is 5.56 Å². The predicted octanol–water partition coefficient (Wildman–Crippen LogP) is 0.444. The number of nitrogens with one attached hydrogen (secondary N) is 2. The van der Waals surface area contributed by atoms with Crippen LogP contribution in [-0.2, 0) is 11.2 Å². The number of fused-ring (bicyclic) bond motifs is 1. The van der Waals surface area contributed by atoms with Crippen molar-refractivity contribution in [1.82, 2.24) is 19.9 Å². The maximum atomic E-state index is 12.1. The number of aromatic amines is 1. The molecule has 0 aliphatic heterocycles. The van der Waals surface area contributed by atoms with Gasteiger partial charge in [-0.2, -0.15) is 9.97 Å². The molecule has 8 nitrogen and oxygen atoms in total. The number of rotatable bonds is 4. The molecule has 1 atom stereocenters. The Hall–Kier alpha value is -3.00. The van der Waals surface area contributed by atoms with Crippen LogP contribution in [0.4, 0.5) is 11.8 Å². The van der Waals surface area contributed by atoms with Crippen molar-refractivity contribution in [3.63, 3.8) is 0 Å². The van der Waals surface area contributed by atoms with E-state index in [2.05, 4.69) is 25.3 Å². The molecule has 8 heteroatoms. The Morgan fingerprint density at radius 3 is 2.82 bits per heavy atom. The quantitative estimate of drug-likeness (QED) is 0.552. The lowest BCUT2D eigenvalue weighted by atomic mass is 10.1. The summed E-state index contributed by atoms with van der Waals surface area (Å²) in [6, 6.07) is 8.83. The average molecular weight is 297 g/mol. The van der Waals surface area contributed by atoms with Gasteiger partial charge in [-0.15, -0.1) is 0 Å². The van der Waals surface area contributed by atoms with Gasteiger partial charge in [-0.1, -0.05) is 30.3 Å². The third-order valence-corrected chi connectivity index (χ3v) is 3.18. The van der Waals surface area contributed by atoms with Gasteiger partial charge in [0.15, 0.2) is 11.5 Å². The number of nitrogens with two attached hydrogens (primary N) is 2. The average Bonchev–Trinajstić information content (AvgIpc) is 2.97. The highest BCUT2D eigenvalue weighted by Crippen LogP contribution is 2.15. The van der Waals surface area contributed by atoms with Crippen molar-refractivity contribution >= 4 is 28.8 Å². The van der Waals surface area contributed by atoms with Gasteiger partial charge >= 0.3 is 0 Å². The van der Waals surface area contributed by atoms with Crippen LogP contribution in [0.2, 0.25) is 0 Å². The van der Waals surface area contributed by atoms with Crippen molar-refractivity contribution in [2.24, 2.45) is 5.73 Å². The van der Waals surface area contributed by atoms with E-state index in [-0.39, 0.29) is 17.7 Å². The normalized spacial score (nSPS) is 12.2. The van der Waals surface area contributed by atoms with Gasteiger partial charge in [0, 0.05) is 0 Å². The zero-order chi connectivity index (χ0) is 15.5. The molecule has 0 unspecified atom stereocenters. The van der Waals surface area contributed by atoms with Gasteiger partial charge in [-0.3, -0.25) is 10.1 Å². The van der Waals surface area contributed by atoms with Crippen LogP contribution in [0.25, 0.3) is 11.2 Å². The van der Waals surface area contributed by atoms with Crippen molar-refractivity contribution in [2.45, 2.75) is 12.5 Å². The zero-order valence-electron chi connectivity index (χ0n) is 11.7. The molecule has 2 aromatic heterocycles. The van der Waals surface area contributed by atoms with Crippen molar-refractivity contribution in [1.29, 1.82) is 0 Å². The summed E-state index contributed by atoms with van der Waals surface area (Å²) in [6.45, 7) is 0. The number of hydrogen-bond acceptors (Lipinski definition) is 6. The van der Waals surface area contributed by atoms with Crippen LogP contribution in [0, 0.1) is 0 Å². The van der Waals surface area contributed by atoms with Gasteiger partial charge < -0.3 is 16.5 Å². The van der Waals surface area contributed by atoms with Crippen LogP contribution < -0.4 is 16.8 Å². The van der Waals surface area contributed by atoms with Crippen molar-refractivity contribution in [2.75, 3.05) is 11.1 Å². The summed E-state index contributed by atoms with van der Waals surface area (Å²) in [5.74, 6) is -0.0711. The van der Waals surface area contributed by atoms with Gasteiger partial charge in [0.25, 0.3) is 0 Å². The molecule has 112 valence electrons. The number of amides is 1. The first-order valence-corrected chi connectivity index (χ1v) is 6.70. The smallest absolute Gasteiger partial charge is 0.243 e. The van der Waals surface area contributed by atoms with Crippen molar-refractivity contribution in [3.8, 4) is 0 Å². The van der Waals surface area contributed by atoms with E-state index in [4.69, 9.17) is 11.5 Å². The van der Waals surface area contributed by atoms with E-state index in [9.17, 15) is 4.79 Å². The molecule has 1 amide bonds. The standard InChI is InChI=1S/C14H15N7O/c15-9(6-8-4-2-1-3-5-8)13(22)21-14-19-11(16)10-12(20-14)18-7-17-10/h1-5,7,9H,6,15H2,(H4,16,17,18,19,20,21,22)/t9-/m0/s1. The first kappa shape index (κ1) is 14.0. The molecule has 0 aliphatic carbocycles. The Balaban J connectivity index is 1.72. The van der Waals surface area contributed by atoms with E-state index in [1.165, 1.54) is 6.33 Å². The molecule has 0 spiro atoms. The summed E-state index contributed by atoms with van der Waals surface area (Å²) in [5.41, 5.74) is 13.6. The predicted molar refractivity (Wildman–Crippen MR) is 82.8 cm³/mol. The number of anilines is 2. The lowest BCUT2D eigenvalue weighted by Gasteiger charge is -2.11. The zero-order valence-corrected chi connectivity index (χ0v) is 11.7. The van der Waals surface area contributed by atoms with Crippen LogP contribution in [0.15, 0.2) is 36.7 Å². The maximum Gasteiger partial charge on any atom is 0.243 e. The molecule has 0 aliphatic rings. The van der Waals surface area contributed by atoms with E-state index >= 15 is 0 Å². The number of carbonyl (C=O) groups is 1. The second kappa shape index (κ2) is 5.78. The second-order valence-corrected chi connectivity index (χ2v) is 4.82. The van der Waals surface area contributed by atoms with Gasteiger partial charge in [0.05, 0.1) is 12.4 Å². The molecule has 0 saturated heterocycles. The fourth-order valence-corrected chi connectivity index (χ4v) is 2.08. The van der Waals surface area contributed by atoms with Gasteiger partial charge in [0.1, 0.15) is 5.52 Å².